The van der Waals surface area contributed by atoms with Crippen LogP contribution in [0.4, 0.5) is 0 Å². The van der Waals surface area contributed by atoms with E-state index in [4.69, 9.17) is 14.2 Å². The van der Waals surface area contributed by atoms with E-state index in [1.165, 1.54) is 0 Å². The topological polar surface area (TPSA) is 77.1 Å². The minimum absolute atomic E-state index is 0.0125. The van der Waals surface area contributed by atoms with E-state index in [0.29, 0.717) is 55.6 Å². The number of methoxy groups -OCH3 is 2. The molecule has 0 bridgehead atoms. The molecule has 1 saturated heterocycles. The second-order valence-electron chi connectivity index (χ2n) is 7.52. The van der Waals surface area contributed by atoms with E-state index < -0.39 is 0 Å². The molecule has 1 N–H and O–H groups in total. The Morgan fingerprint density at radius 1 is 1.00 bits per heavy atom. The molecule has 1 aliphatic rings. The van der Waals surface area contributed by atoms with Crippen LogP contribution in [0, 0.1) is 5.92 Å². The molecule has 3 rings (SSSR count). The third-order valence-corrected chi connectivity index (χ3v) is 5.46. The van der Waals surface area contributed by atoms with Gasteiger partial charge in [-0.1, -0.05) is 18.2 Å². The van der Waals surface area contributed by atoms with E-state index in [0.717, 1.165) is 18.6 Å². The van der Waals surface area contributed by atoms with Crippen molar-refractivity contribution in [3.05, 3.63) is 54.1 Å². The van der Waals surface area contributed by atoms with Gasteiger partial charge in [-0.2, -0.15) is 0 Å². The summed E-state index contributed by atoms with van der Waals surface area (Å²) in [6, 6.07) is 14.7. The monoisotopic (exact) mass is 426 g/mol. The maximum atomic E-state index is 12.8. The second kappa shape index (κ2) is 11.2. The number of likely N-dealkylation sites (tertiary alicyclic amines) is 1. The molecular formula is C24H30N2O5. The van der Waals surface area contributed by atoms with Gasteiger partial charge in [0.25, 0.3) is 5.91 Å². The van der Waals surface area contributed by atoms with Crippen LogP contribution >= 0.6 is 0 Å². The molecule has 1 fully saturated rings. The van der Waals surface area contributed by atoms with Crippen molar-refractivity contribution < 1.29 is 23.8 Å². The number of amides is 2. The van der Waals surface area contributed by atoms with E-state index in [9.17, 15) is 9.59 Å². The molecule has 1 heterocycles. The number of piperidine rings is 1. The fourth-order valence-electron chi connectivity index (χ4n) is 3.62. The molecule has 2 aromatic carbocycles. The van der Waals surface area contributed by atoms with Crippen molar-refractivity contribution in [3.8, 4) is 17.2 Å². The van der Waals surface area contributed by atoms with Crippen LogP contribution in [0.2, 0.25) is 0 Å². The predicted octanol–water partition coefficient (Wildman–Crippen LogP) is 3.14. The standard InChI is InChI=1S/C24H30N2O5/c1-29-21-9-8-19(16-22(21)30-2)24(28)26-13-10-18(11-14-26)17-25-23(27)12-15-31-20-6-4-3-5-7-20/h3-9,16,18H,10-15,17H2,1-2H3,(H,25,27). The number of hydrogen-bond donors (Lipinski definition) is 1. The van der Waals surface area contributed by atoms with Crippen molar-refractivity contribution >= 4 is 11.8 Å². The van der Waals surface area contributed by atoms with Crippen LogP contribution in [0.1, 0.15) is 29.6 Å². The molecule has 0 spiro atoms. The molecule has 0 atom stereocenters. The highest BCUT2D eigenvalue weighted by Crippen LogP contribution is 2.28. The normalized spacial score (nSPS) is 14.1. The Hall–Kier alpha value is -3.22. The van der Waals surface area contributed by atoms with Crippen LogP contribution in [-0.2, 0) is 4.79 Å². The summed E-state index contributed by atoms with van der Waals surface area (Å²) in [5.41, 5.74) is 0.586. The summed E-state index contributed by atoms with van der Waals surface area (Å²) < 4.78 is 16.1. The van der Waals surface area contributed by atoms with E-state index in [1.54, 1.807) is 32.4 Å². The highest BCUT2D eigenvalue weighted by Gasteiger charge is 2.24. The van der Waals surface area contributed by atoms with E-state index in [2.05, 4.69) is 5.32 Å². The summed E-state index contributed by atoms with van der Waals surface area (Å²) in [6.07, 6.45) is 2.05. The van der Waals surface area contributed by atoms with Gasteiger partial charge in [0.2, 0.25) is 5.91 Å². The molecule has 0 aromatic heterocycles. The van der Waals surface area contributed by atoms with Crippen molar-refractivity contribution in [1.82, 2.24) is 10.2 Å². The fraction of sp³-hybridized carbons (Fsp3) is 0.417. The van der Waals surface area contributed by atoms with Crippen LogP contribution in [0.3, 0.4) is 0 Å². The maximum Gasteiger partial charge on any atom is 0.253 e. The lowest BCUT2D eigenvalue weighted by Crippen LogP contribution is -2.41. The zero-order valence-corrected chi connectivity index (χ0v) is 18.1. The number of hydrogen-bond acceptors (Lipinski definition) is 5. The molecule has 31 heavy (non-hydrogen) atoms. The quantitative estimate of drug-likeness (QED) is 0.667. The first-order valence-corrected chi connectivity index (χ1v) is 10.6. The highest BCUT2D eigenvalue weighted by molar-refractivity contribution is 5.95. The first-order valence-electron chi connectivity index (χ1n) is 10.6. The lowest BCUT2D eigenvalue weighted by atomic mass is 9.96. The van der Waals surface area contributed by atoms with Crippen molar-refractivity contribution in [2.45, 2.75) is 19.3 Å². The van der Waals surface area contributed by atoms with Gasteiger partial charge in [-0.15, -0.1) is 0 Å². The van der Waals surface area contributed by atoms with Crippen molar-refractivity contribution in [1.29, 1.82) is 0 Å². The summed E-state index contributed by atoms with van der Waals surface area (Å²) in [5, 5.41) is 2.99. The number of ether oxygens (including phenoxy) is 3. The Bertz CT molecular complexity index is 864. The number of benzene rings is 2. The Labute approximate surface area is 183 Å². The van der Waals surface area contributed by atoms with Gasteiger partial charge in [0.1, 0.15) is 5.75 Å². The van der Waals surface area contributed by atoms with Gasteiger partial charge in [-0.25, -0.2) is 0 Å². The van der Waals surface area contributed by atoms with Crippen LogP contribution in [0.25, 0.3) is 0 Å². The van der Waals surface area contributed by atoms with Crippen LogP contribution in [0.5, 0.6) is 17.2 Å². The van der Waals surface area contributed by atoms with Gasteiger partial charge in [0.05, 0.1) is 27.2 Å². The molecule has 0 radical (unpaired) electrons. The highest BCUT2D eigenvalue weighted by atomic mass is 16.5. The van der Waals surface area contributed by atoms with Gasteiger partial charge in [-0.05, 0) is 49.1 Å². The number of nitrogens with one attached hydrogen (secondary N) is 1. The van der Waals surface area contributed by atoms with Crippen molar-refractivity contribution in [2.75, 3.05) is 40.5 Å². The van der Waals surface area contributed by atoms with Gasteiger partial charge in [0.15, 0.2) is 11.5 Å². The Morgan fingerprint density at radius 3 is 2.39 bits per heavy atom. The second-order valence-corrected chi connectivity index (χ2v) is 7.52. The number of carbonyl (C=O) groups excluding carboxylic acids is 2. The molecule has 0 aliphatic carbocycles. The lowest BCUT2D eigenvalue weighted by Gasteiger charge is -2.32. The number of para-hydroxylation sites is 1. The van der Waals surface area contributed by atoms with Crippen LogP contribution in [0.15, 0.2) is 48.5 Å². The average molecular weight is 427 g/mol. The molecule has 2 amide bonds. The van der Waals surface area contributed by atoms with Crippen LogP contribution < -0.4 is 19.5 Å². The smallest absolute Gasteiger partial charge is 0.253 e. The third-order valence-electron chi connectivity index (χ3n) is 5.46. The molecule has 7 nitrogen and oxygen atoms in total. The first-order chi connectivity index (χ1) is 15.1. The molecular weight excluding hydrogens is 396 g/mol. The summed E-state index contributed by atoms with van der Waals surface area (Å²) in [5.74, 6) is 2.25. The Morgan fingerprint density at radius 2 is 1.71 bits per heavy atom. The van der Waals surface area contributed by atoms with Gasteiger partial charge in [-0.3, -0.25) is 9.59 Å². The molecule has 166 valence electrons. The number of carbonyl (C=O) groups is 2. The SMILES string of the molecule is COc1ccc(C(=O)N2CCC(CNC(=O)CCOc3ccccc3)CC2)cc1OC. The van der Waals surface area contributed by atoms with E-state index >= 15 is 0 Å². The Kier molecular flexibility index (Phi) is 8.15. The van der Waals surface area contributed by atoms with Crippen molar-refractivity contribution in [2.24, 2.45) is 5.92 Å². The third kappa shape index (κ3) is 6.38. The number of rotatable bonds is 9. The van der Waals surface area contributed by atoms with Gasteiger partial charge < -0.3 is 24.4 Å². The zero-order chi connectivity index (χ0) is 22.1. The largest absolute Gasteiger partial charge is 0.493 e. The Balaban J connectivity index is 1.38. The number of nitrogens with zero attached hydrogens (tertiary/aromatic N) is 1. The average Bonchev–Trinajstić information content (AvgIpc) is 2.82. The minimum atomic E-state index is -0.0141. The molecule has 1 aliphatic heterocycles. The molecule has 2 aromatic rings. The summed E-state index contributed by atoms with van der Waals surface area (Å²) >= 11 is 0. The maximum absolute atomic E-state index is 12.8. The summed E-state index contributed by atoms with van der Waals surface area (Å²) in [4.78, 5) is 26.7. The van der Waals surface area contributed by atoms with Gasteiger partial charge >= 0.3 is 0 Å². The van der Waals surface area contributed by atoms with Crippen molar-refractivity contribution in [3.63, 3.8) is 0 Å². The first kappa shape index (κ1) is 22.5. The van der Waals surface area contributed by atoms with E-state index in [1.807, 2.05) is 35.2 Å². The molecule has 7 heteroatoms. The predicted molar refractivity (Wildman–Crippen MR) is 118 cm³/mol. The van der Waals surface area contributed by atoms with Gasteiger partial charge in [0, 0.05) is 25.2 Å². The van der Waals surface area contributed by atoms with Crippen LogP contribution in [-0.4, -0.2) is 57.2 Å². The van der Waals surface area contributed by atoms with E-state index in [-0.39, 0.29) is 11.8 Å². The molecule has 0 saturated carbocycles. The fourth-order valence-corrected chi connectivity index (χ4v) is 3.62. The molecule has 0 unspecified atom stereocenters. The summed E-state index contributed by atoms with van der Waals surface area (Å²) in [6.45, 7) is 2.33. The summed E-state index contributed by atoms with van der Waals surface area (Å²) in [7, 11) is 3.12. The lowest BCUT2D eigenvalue weighted by molar-refractivity contribution is -0.121. The zero-order valence-electron chi connectivity index (χ0n) is 18.1. The minimum Gasteiger partial charge on any atom is -0.493 e.